The lowest BCUT2D eigenvalue weighted by Gasteiger charge is -2.20. The number of carbonyl (C=O) groups is 2. The van der Waals surface area contributed by atoms with Crippen molar-refractivity contribution in [3.63, 3.8) is 0 Å². The fourth-order valence-corrected chi connectivity index (χ4v) is 3.12. The summed E-state index contributed by atoms with van der Waals surface area (Å²) in [4.78, 5) is 29.9. The molecule has 1 heterocycles. The Morgan fingerprint density at radius 3 is 2.75 bits per heavy atom. The van der Waals surface area contributed by atoms with E-state index in [1.807, 2.05) is 13.0 Å². The Balaban J connectivity index is 1.85. The van der Waals surface area contributed by atoms with E-state index in [0.717, 1.165) is 29.7 Å². The molecule has 4 nitrogen and oxygen atoms in total. The maximum Gasteiger partial charge on any atom is 0.254 e. The summed E-state index contributed by atoms with van der Waals surface area (Å²) >= 11 is 6.16. The smallest absolute Gasteiger partial charge is 0.254 e. The molecule has 1 fully saturated rings. The van der Waals surface area contributed by atoms with Gasteiger partial charge in [-0.25, -0.2) is 4.98 Å². The van der Waals surface area contributed by atoms with E-state index in [1.165, 1.54) is 0 Å². The summed E-state index contributed by atoms with van der Waals surface area (Å²) in [6.45, 7) is 2.46. The van der Waals surface area contributed by atoms with Crippen LogP contribution in [0.4, 0.5) is 0 Å². The first-order valence-electron chi connectivity index (χ1n) is 7.97. The maximum atomic E-state index is 12.7. The summed E-state index contributed by atoms with van der Waals surface area (Å²) < 4.78 is 0. The summed E-state index contributed by atoms with van der Waals surface area (Å²) in [7, 11) is 1.73. The van der Waals surface area contributed by atoms with Gasteiger partial charge in [0.1, 0.15) is 5.15 Å². The van der Waals surface area contributed by atoms with Crippen LogP contribution in [0.3, 0.4) is 0 Å². The van der Waals surface area contributed by atoms with Crippen LogP contribution in [0.2, 0.25) is 5.15 Å². The number of halogens is 1. The van der Waals surface area contributed by atoms with Crippen LogP contribution in [-0.2, 0) is 6.54 Å². The molecule has 1 amide bonds. The van der Waals surface area contributed by atoms with Gasteiger partial charge in [-0.15, -0.1) is 0 Å². The van der Waals surface area contributed by atoms with Crippen LogP contribution in [0.25, 0.3) is 0 Å². The highest BCUT2D eigenvalue weighted by molar-refractivity contribution is 6.29. The Hall–Kier alpha value is -2.20. The van der Waals surface area contributed by atoms with Crippen LogP contribution >= 0.6 is 11.6 Å². The quantitative estimate of drug-likeness (QED) is 0.609. The summed E-state index contributed by atoms with van der Waals surface area (Å²) in [5.41, 5.74) is 3.96. The van der Waals surface area contributed by atoms with E-state index < -0.39 is 0 Å². The number of nitrogens with zero attached hydrogens (tertiary/aromatic N) is 2. The second-order valence-corrected chi connectivity index (χ2v) is 6.64. The van der Waals surface area contributed by atoms with Crippen molar-refractivity contribution in [1.29, 1.82) is 0 Å². The number of carbonyl (C=O) groups excluding carboxylic acids is 2. The second kappa shape index (κ2) is 6.73. The minimum Gasteiger partial charge on any atom is -0.337 e. The predicted molar refractivity (Wildman–Crippen MR) is 93.6 cm³/mol. The first kappa shape index (κ1) is 16.7. The molecule has 3 rings (SSSR count). The molecule has 0 saturated heterocycles. The monoisotopic (exact) mass is 342 g/mol. The van der Waals surface area contributed by atoms with Gasteiger partial charge in [0.25, 0.3) is 5.91 Å². The molecular formula is C19H19ClN2O2. The van der Waals surface area contributed by atoms with Gasteiger partial charge in [-0.1, -0.05) is 29.8 Å². The Bertz CT molecular complexity index is 800. The molecule has 0 radical (unpaired) electrons. The van der Waals surface area contributed by atoms with Crippen LogP contribution < -0.4 is 0 Å². The standard InChI is InChI=1S/C19H19ClN2O2/c1-12-15(9-17(20)21-18(12)13-7-8-13)10-22(2)19(24)16-6-4-3-5-14(16)11-23/h3-6,9,11,13H,7-8,10H2,1-2H3. The Morgan fingerprint density at radius 1 is 1.38 bits per heavy atom. The summed E-state index contributed by atoms with van der Waals surface area (Å²) in [6, 6.07) is 8.64. The molecule has 2 aromatic rings. The highest BCUT2D eigenvalue weighted by atomic mass is 35.5. The van der Waals surface area contributed by atoms with E-state index in [1.54, 1.807) is 36.2 Å². The summed E-state index contributed by atoms with van der Waals surface area (Å²) in [6.07, 6.45) is 3.00. The Labute approximate surface area is 146 Å². The number of benzene rings is 1. The number of aromatic nitrogens is 1. The lowest BCUT2D eigenvalue weighted by molar-refractivity contribution is 0.0781. The van der Waals surface area contributed by atoms with Gasteiger partial charge in [-0.2, -0.15) is 0 Å². The average molecular weight is 343 g/mol. The largest absolute Gasteiger partial charge is 0.337 e. The Morgan fingerprint density at radius 2 is 2.08 bits per heavy atom. The van der Waals surface area contributed by atoms with Crippen molar-refractivity contribution in [1.82, 2.24) is 9.88 Å². The fourth-order valence-electron chi connectivity index (χ4n) is 2.89. The molecule has 1 aromatic carbocycles. The predicted octanol–water partition coefficient (Wildman–Crippen LogP) is 4.01. The molecule has 0 N–H and O–H groups in total. The Kier molecular flexibility index (Phi) is 4.67. The van der Waals surface area contributed by atoms with Crippen LogP contribution in [0, 0.1) is 6.92 Å². The zero-order chi connectivity index (χ0) is 17.3. The molecule has 0 unspecified atom stereocenters. The van der Waals surface area contributed by atoms with Crippen molar-refractivity contribution in [3.8, 4) is 0 Å². The molecule has 0 atom stereocenters. The third kappa shape index (κ3) is 3.34. The first-order chi connectivity index (χ1) is 11.5. The topological polar surface area (TPSA) is 50.3 Å². The molecule has 1 aliphatic carbocycles. The third-order valence-corrected chi connectivity index (χ3v) is 4.62. The molecule has 5 heteroatoms. The molecule has 0 spiro atoms. The van der Waals surface area contributed by atoms with Gasteiger partial charge in [-0.05, 0) is 43.0 Å². The zero-order valence-electron chi connectivity index (χ0n) is 13.8. The van der Waals surface area contributed by atoms with Crippen molar-refractivity contribution in [3.05, 3.63) is 63.4 Å². The molecule has 0 aliphatic heterocycles. The van der Waals surface area contributed by atoms with Crippen molar-refractivity contribution in [2.45, 2.75) is 32.2 Å². The molecule has 1 aliphatic rings. The molecule has 1 aromatic heterocycles. The van der Waals surface area contributed by atoms with Crippen LogP contribution in [0.5, 0.6) is 0 Å². The second-order valence-electron chi connectivity index (χ2n) is 6.25. The fraction of sp³-hybridized carbons (Fsp3) is 0.316. The first-order valence-corrected chi connectivity index (χ1v) is 8.34. The normalized spacial score (nSPS) is 13.6. The van der Waals surface area contributed by atoms with Crippen molar-refractivity contribution in [2.24, 2.45) is 0 Å². The number of amides is 1. The van der Waals surface area contributed by atoms with E-state index >= 15 is 0 Å². The van der Waals surface area contributed by atoms with E-state index in [0.29, 0.717) is 35.0 Å². The van der Waals surface area contributed by atoms with Gasteiger partial charge in [0, 0.05) is 30.8 Å². The molecule has 124 valence electrons. The third-order valence-electron chi connectivity index (χ3n) is 4.42. The van der Waals surface area contributed by atoms with Crippen LogP contribution in [0.1, 0.15) is 56.3 Å². The number of rotatable bonds is 5. The molecular weight excluding hydrogens is 324 g/mol. The van der Waals surface area contributed by atoms with Crippen LogP contribution in [-0.4, -0.2) is 29.1 Å². The van der Waals surface area contributed by atoms with E-state index in [-0.39, 0.29) is 5.91 Å². The van der Waals surface area contributed by atoms with Gasteiger partial charge >= 0.3 is 0 Å². The molecule has 1 saturated carbocycles. The lowest BCUT2D eigenvalue weighted by Crippen LogP contribution is -2.27. The minimum absolute atomic E-state index is 0.182. The van der Waals surface area contributed by atoms with E-state index in [4.69, 9.17) is 11.6 Å². The zero-order valence-corrected chi connectivity index (χ0v) is 14.5. The number of hydrogen-bond acceptors (Lipinski definition) is 3. The minimum atomic E-state index is -0.182. The lowest BCUT2D eigenvalue weighted by atomic mass is 10.0. The van der Waals surface area contributed by atoms with Gasteiger partial charge in [-0.3, -0.25) is 9.59 Å². The van der Waals surface area contributed by atoms with Gasteiger partial charge < -0.3 is 4.90 Å². The maximum absolute atomic E-state index is 12.7. The summed E-state index contributed by atoms with van der Waals surface area (Å²) in [5.74, 6) is 0.317. The highest BCUT2D eigenvalue weighted by Gasteiger charge is 2.28. The molecule has 0 bridgehead atoms. The molecule has 24 heavy (non-hydrogen) atoms. The SMILES string of the molecule is Cc1c(CN(C)C(=O)c2ccccc2C=O)cc(Cl)nc1C1CC1. The number of aldehydes is 1. The average Bonchev–Trinajstić information content (AvgIpc) is 3.41. The number of pyridine rings is 1. The van der Waals surface area contributed by atoms with Crippen molar-refractivity contribution in [2.75, 3.05) is 7.05 Å². The summed E-state index contributed by atoms with van der Waals surface area (Å²) in [5, 5.41) is 0.464. The van der Waals surface area contributed by atoms with Crippen LogP contribution in [0.15, 0.2) is 30.3 Å². The van der Waals surface area contributed by atoms with Crippen molar-refractivity contribution < 1.29 is 9.59 Å². The van der Waals surface area contributed by atoms with E-state index in [9.17, 15) is 9.59 Å². The number of hydrogen-bond donors (Lipinski definition) is 0. The van der Waals surface area contributed by atoms with Gasteiger partial charge in [0.05, 0.1) is 5.56 Å². The van der Waals surface area contributed by atoms with Crippen molar-refractivity contribution >= 4 is 23.8 Å². The van der Waals surface area contributed by atoms with Gasteiger partial charge in [0.15, 0.2) is 6.29 Å². The van der Waals surface area contributed by atoms with Gasteiger partial charge in [0.2, 0.25) is 0 Å². The van der Waals surface area contributed by atoms with E-state index in [2.05, 4.69) is 4.98 Å². The highest BCUT2D eigenvalue weighted by Crippen LogP contribution is 2.41.